The highest BCUT2D eigenvalue weighted by molar-refractivity contribution is 5.76. The molecule has 2 aliphatic rings. The molecule has 1 heterocycles. The van der Waals surface area contributed by atoms with Crippen LogP contribution in [0.3, 0.4) is 0 Å². The number of nitrogens with one attached hydrogen (secondary N) is 1. The van der Waals surface area contributed by atoms with Crippen LogP contribution in [-0.4, -0.2) is 23.7 Å². The minimum atomic E-state index is -0.372. The van der Waals surface area contributed by atoms with Crippen molar-refractivity contribution in [3.63, 3.8) is 0 Å². The van der Waals surface area contributed by atoms with Crippen molar-refractivity contribution < 1.29 is 9.53 Å². The van der Waals surface area contributed by atoms with Gasteiger partial charge in [0.1, 0.15) is 11.6 Å². The third-order valence-corrected chi connectivity index (χ3v) is 3.80. The summed E-state index contributed by atoms with van der Waals surface area (Å²) in [5, 5.41) is 3.48. The van der Waals surface area contributed by atoms with Gasteiger partial charge in [-0.1, -0.05) is 19.3 Å². The molecule has 0 bridgehead atoms. The molecule has 2 rings (SSSR count). The van der Waals surface area contributed by atoms with Crippen molar-refractivity contribution in [3.8, 4) is 0 Å². The predicted octanol–water partition coefficient (Wildman–Crippen LogP) is 2.64. The third-order valence-electron chi connectivity index (χ3n) is 3.80. The second-order valence-electron chi connectivity index (χ2n) is 6.49. The van der Waals surface area contributed by atoms with Crippen molar-refractivity contribution in [1.29, 1.82) is 0 Å². The topological polar surface area (TPSA) is 38.3 Å². The molecule has 1 aliphatic heterocycles. The minimum Gasteiger partial charge on any atom is -0.459 e. The summed E-state index contributed by atoms with van der Waals surface area (Å²) >= 11 is 0. The summed E-state index contributed by atoms with van der Waals surface area (Å²) in [4.78, 5) is 12.0. The van der Waals surface area contributed by atoms with Gasteiger partial charge in [-0.15, -0.1) is 0 Å². The number of esters is 1. The van der Waals surface area contributed by atoms with E-state index in [1.807, 2.05) is 20.8 Å². The van der Waals surface area contributed by atoms with Gasteiger partial charge in [0.25, 0.3) is 0 Å². The quantitative estimate of drug-likeness (QED) is 0.715. The fraction of sp³-hybridized carbons (Fsp3) is 0.929. The summed E-state index contributed by atoms with van der Waals surface area (Å²) in [5.41, 5.74) is -0.372. The largest absolute Gasteiger partial charge is 0.459 e. The Morgan fingerprint density at radius 1 is 1.18 bits per heavy atom. The highest BCUT2D eigenvalue weighted by atomic mass is 16.6. The van der Waals surface area contributed by atoms with Gasteiger partial charge in [-0.25, -0.2) is 0 Å². The zero-order valence-electron chi connectivity index (χ0n) is 11.3. The summed E-state index contributed by atoms with van der Waals surface area (Å²) in [5.74, 6) is 0.626. The van der Waals surface area contributed by atoms with E-state index in [-0.39, 0.29) is 17.6 Å². The molecule has 3 atom stereocenters. The van der Waals surface area contributed by atoms with Crippen molar-refractivity contribution in [2.75, 3.05) is 0 Å². The van der Waals surface area contributed by atoms with E-state index in [1.165, 1.54) is 32.1 Å². The first-order valence-electron chi connectivity index (χ1n) is 6.94. The lowest BCUT2D eigenvalue weighted by molar-refractivity contribution is -0.157. The zero-order valence-corrected chi connectivity index (χ0v) is 11.3. The molecule has 2 fully saturated rings. The standard InChI is InChI=1S/C14H25NO2/c1-14(2,3)17-13(16)12-9-10-7-5-4-6-8-11(10)15-12/h10-12,15H,4-9H2,1-3H3/t10-,11+,12+/m0/s1. The number of fused-ring (bicyclic) bond motifs is 1. The molecule has 98 valence electrons. The summed E-state index contributed by atoms with van der Waals surface area (Å²) in [6, 6.07) is 0.484. The summed E-state index contributed by atoms with van der Waals surface area (Å²) in [7, 11) is 0. The normalized spacial score (nSPS) is 33.9. The first-order chi connectivity index (χ1) is 7.96. The molecule has 0 spiro atoms. The average molecular weight is 239 g/mol. The number of ether oxygens (including phenoxy) is 1. The van der Waals surface area contributed by atoms with Crippen LogP contribution in [0.15, 0.2) is 0 Å². The van der Waals surface area contributed by atoms with Gasteiger partial charge < -0.3 is 10.1 Å². The van der Waals surface area contributed by atoms with Gasteiger partial charge in [-0.3, -0.25) is 4.79 Å². The smallest absolute Gasteiger partial charge is 0.323 e. The van der Waals surface area contributed by atoms with Crippen molar-refractivity contribution in [2.45, 2.75) is 77.0 Å². The molecule has 1 N–H and O–H groups in total. The van der Waals surface area contributed by atoms with Gasteiger partial charge in [-0.05, 0) is 46.0 Å². The van der Waals surface area contributed by atoms with E-state index < -0.39 is 0 Å². The SMILES string of the molecule is CC(C)(C)OC(=O)[C@H]1C[C@@H]2CCCCC[C@H]2N1. The molecule has 3 heteroatoms. The van der Waals surface area contributed by atoms with Crippen LogP contribution in [-0.2, 0) is 9.53 Å². The van der Waals surface area contributed by atoms with Crippen LogP contribution in [0, 0.1) is 5.92 Å². The molecule has 0 radical (unpaired) electrons. The number of carbonyl (C=O) groups is 1. The van der Waals surface area contributed by atoms with E-state index in [0.29, 0.717) is 12.0 Å². The minimum absolute atomic E-state index is 0.0643. The Morgan fingerprint density at radius 2 is 1.88 bits per heavy atom. The maximum atomic E-state index is 12.0. The Kier molecular flexibility index (Phi) is 3.76. The van der Waals surface area contributed by atoms with Gasteiger partial charge in [0.15, 0.2) is 0 Å². The second kappa shape index (κ2) is 4.97. The van der Waals surface area contributed by atoms with Gasteiger partial charge in [0, 0.05) is 6.04 Å². The van der Waals surface area contributed by atoms with Gasteiger partial charge in [0.2, 0.25) is 0 Å². The summed E-state index contributed by atoms with van der Waals surface area (Å²) in [6.07, 6.45) is 7.45. The van der Waals surface area contributed by atoms with Crippen LogP contribution in [0.25, 0.3) is 0 Å². The van der Waals surface area contributed by atoms with E-state index in [0.717, 1.165) is 6.42 Å². The molecule has 0 aromatic rings. The molecule has 17 heavy (non-hydrogen) atoms. The monoisotopic (exact) mass is 239 g/mol. The van der Waals surface area contributed by atoms with Gasteiger partial charge in [-0.2, -0.15) is 0 Å². The van der Waals surface area contributed by atoms with E-state index >= 15 is 0 Å². The number of rotatable bonds is 1. The van der Waals surface area contributed by atoms with Gasteiger partial charge >= 0.3 is 5.97 Å². The maximum Gasteiger partial charge on any atom is 0.323 e. The van der Waals surface area contributed by atoms with Crippen LogP contribution in [0.4, 0.5) is 0 Å². The molecule has 1 saturated heterocycles. The second-order valence-corrected chi connectivity index (χ2v) is 6.49. The number of hydrogen-bond acceptors (Lipinski definition) is 3. The maximum absolute atomic E-state index is 12.0. The highest BCUT2D eigenvalue weighted by Crippen LogP contribution is 2.32. The molecular formula is C14H25NO2. The van der Waals surface area contributed by atoms with Crippen LogP contribution in [0.2, 0.25) is 0 Å². The molecule has 0 amide bonds. The first-order valence-corrected chi connectivity index (χ1v) is 6.94. The molecule has 1 saturated carbocycles. The highest BCUT2D eigenvalue weighted by Gasteiger charge is 2.39. The molecular weight excluding hydrogens is 214 g/mol. The molecule has 1 aliphatic carbocycles. The zero-order chi connectivity index (χ0) is 12.5. The Morgan fingerprint density at radius 3 is 2.59 bits per heavy atom. The number of hydrogen-bond donors (Lipinski definition) is 1. The Labute approximate surface area is 104 Å². The molecule has 3 nitrogen and oxygen atoms in total. The lowest BCUT2D eigenvalue weighted by Gasteiger charge is -2.22. The molecule has 0 aromatic heterocycles. The first kappa shape index (κ1) is 12.9. The number of carbonyl (C=O) groups excluding carboxylic acids is 1. The Hall–Kier alpha value is -0.570. The molecule has 0 aromatic carbocycles. The Balaban J connectivity index is 1.90. The van der Waals surface area contributed by atoms with E-state index in [4.69, 9.17) is 4.74 Å². The lowest BCUT2D eigenvalue weighted by atomic mass is 9.94. The van der Waals surface area contributed by atoms with E-state index in [2.05, 4.69) is 5.32 Å². The van der Waals surface area contributed by atoms with E-state index in [1.54, 1.807) is 0 Å². The average Bonchev–Trinajstić information content (AvgIpc) is 2.48. The van der Waals surface area contributed by atoms with Crippen molar-refractivity contribution >= 4 is 5.97 Å². The summed E-state index contributed by atoms with van der Waals surface area (Å²) < 4.78 is 5.46. The van der Waals surface area contributed by atoms with Crippen LogP contribution in [0.1, 0.15) is 59.3 Å². The van der Waals surface area contributed by atoms with Crippen molar-refractivity contribution in [2.24, 2.45) is 5.92 Å². The fourth-order valence-electron chi connectivity index (χ4n) is 3.05. The van der Waals surface area contributed by atoms with Crippen LogP contribution >= 0.6 is 0 Å². The Bertz CT molecular complexity index is 268. The van der Waals surface area contributed by atoms with Gasteiger partial charge in [0.05, 0.1) is 0 Å². The predicted molar refractivity (Wildman–Crippen MR) is 67.7 cm³/mol. The van der Waals surface area contributed by atoms with E-state index in [9.17, 15) is 4.79 Å². The fourth-order valence-corrected chi connectivity index (χ4v) is 3.05. The third kappa shape index (κ3) is 3.44. The molecule has 0 unspecified atom stereocenters. The van der Waals surface area contributed by atoms with Crippen molar-refractivity contribution in [1.82, 2.24) is 5.32 Å². The van der Waals surface area contributed by atoms with Crippen molar-refractivity contribution in [3.05, 3.63) is 0 Å². The van der Waals surface area contributed by atoms with Crippen LogP contribution < -0.4 is 5.32 Å². The summed E-state index contributed by atoms with van der Waals surface area (Å²) in [6.45, 7) is 5.79. The van der Waals surface area contributed by atoms with Crippen LogP contribution in [0.5, 0.6) is 0 Å². The lowest BCUT2D eigenvalue weighted by Crippen LogP contribution is -2.40.